The molecule has 2 aromatic rings. The van der Waals surface area contributed by atoms with E-state index in [2.05, 4.69) is 15.6 Å². The lowest BCUT2D eigenvalue weighted by Crippen LogP contribution is -2.35. The van der Waals surface area contributed by atoms with Crippen molar-refractivity contribution in [2.24, 2.45) is 0 Å². The van der Waals surface area contributed by atoms with Gasteiger partial charge in [0, 0.05) is 12.2 Å². The number of anilines is 1. The lowest BCUT2D eigenvalue weighted by molar-refractivity contribution is 0.0690. The summed E-state index contributed by atoms with van der Waals surface area (Å²) in [4.78, 5) is 15.8. The van der Waals surface area contributed by atoms with Crippen LogP contribution in [0.15, 0.2) is 24.4 Å². The molecule has 6 heteroatoms. The van der Waals surface area contributed by atoms with Gasteiger partial charge in [0.2, 0.25) is 0 Å². The summed E-state index contributed by atoms with van der Waals surface area (Å²) in [7, 11) is 0. The summed E-state index contributed by atoms with van der Waals surface area (Å²) in [5, 5.41) is 15.9. The Labute approximate surface area is 110 Å². The van der Waals surface area contributed by atoms with Crippen LogP contribution in [0.3, 0.4) is 0 Å². The zero-order valence-corrected chi connectivity index (χ0v) is 10.5. The number of aromatic carboxylic acids is 1. The number of nitrogens with zero attached hydrogens (tertiary/aromatic N) is 2. The SMILES string of the molecule is O=C(O)c1c(NC2CCNCC2)nc2ccccn12. The van der Waals surface area contributed by atoms with E-state index in [4.69, 9.17) is 0 Å². The molecule has 1 aliphatic heterocycles. The van der Waals surface area contributed by atoms with E-state index >= 15 is 0 Å². The Bertz CT molecular complexity index is 602. The van der Waals surface area contributed by atoms with Gasteiger partial charge < -0.3 is 15.7 Å². The zero-order valence-electron chi connectivity index (χ0n) is 10.5. The maximum absolute atomic E-state index is 11.4. The van der Waals surface area contributed by atoms with Crippen molar-refractivity contribution in [1.82, 2.24) is 14.7 Å². The van der Waals surface area contributed by atoms with Crippen molar-refractivity contribution in [3.8, 4) is 0 Å². The number of hydrogen-bond donors (Lipinski definition) is 3. The first-order valence-electron chi connectivity index (χ1n) is 6.43. The molecule has 0 atom stereocenters. The Morgan fingerprint density at radius 1 is 1.42 bits per heavy atom. The second kappa shape index (κ2) is 4.89. The number of carboxylic acids is 1. The number of nitrogens with one attached hydrogen (secondary N) is 2. The summed E-state index contributed by atoms with van der Waals surface area (Å²) >= 11 is 0. The average Bonchev–Trinajstić information content (AvgIpc) is 2.77. The molecule has 0 saturated carbocycles. The number of piperidine rings is 1. The quantitative estimate of drug-likeness (QED) is 0.772. The first-order chi connectivity index (χ1) is 9.25. The van der Waals surface area contributed by atoms with Gasteiger partial charge in [0.1, 0.15) is 5.65 Å². The van der Waals surface area contributed by atoms with Gasteiger partial charge in [-0.2, -0.15) is 0 Å². The van der Waals surface area contributed by atoms with Crippen LogP contribution in [0, 0.1) is 0 Å². The molecule has 3 rings (SSSR count). The monoisotopic (exact) mass is 260 g/mol. The van der Waals surface area contributed by atoms with E-state index in [1.165, 1.54) is 0 Å². The van der Waals surface area contributed by atoms with Crippen molar-refractivity contribution in [2.75, 3.05) is 18.4 Å². The third kappa shape index (κ3) is 2.26. The third-order valence-corrected chi connectivity index (χ3v) is 3.41. The largest absolute Gasteiger partial charge is 0.476 e. The summed E-state index contributed by atoms with van der Waals surface area (Å²) in [5.74, 6) is -0.499. The van der Waals surface area contributed by atoms with E-state index in [9.17, 15) is 9.90 Å². The van der Waals surface area contributed by atoms with E-state index in [1.807, 2.05) is 6.07 Å². The van der Waals surface area contributed by atoms with Crippen LogP contribution in [0.4, 0.5) is 5.82 Å². The minimum Gasteiger partial charge on any atom is -0.476 e. The number of hydrogen-bond acceptors (Lipinski definition) is 4. The summed E-state index contributed by atoms with van der Waals surface area (Å²) in [6.07, 6.45) is 3.68. The molecule has 0 spiro atoms. The maximum atomic E-state index is 11.4. The van der Waals surface area contributed by atoms with Crippen molar-refractivity contribution in [3.63, 3.8) is 0 Å². The molecular formula is C13H16N4O2. The fraction of sp³-hybridized carbons (Fsp3) is 0.385. The molecular weight excluding hydrogens is 244 g/mol. The number of pyridine rings is 1. The van der Waals surface area contributed by atoms with Gasteiger partial charge in [0.15, 0.2) is 11.5 Å². The molecule has 1 fully saturated rings. The number of imidazole rings is 1. The maximum Gasteiger partial charge on any atom is 0.356 e. The van der Waals surface area contributed by atoms with Crippen LogP contribution in [0.1, 0.15) is 23.3 Å². The normalized spacial score (nSPS) is 16.6. The second-order valence-corrected chi connectivity index (χ2v) is 4.71. The van der Waals surface area contributed by atoms with Crippen molar-refractivity contribution in [2.45, 2.75) is 18.9 Å². The van der Waals surface area contributed by atoms with Crippen LogP contribution in [0.2, 0.25) is 0 Å². The van der Waals surface area contributed by atoms with Crippen LogP contribution in [0.5, 0.6) is 0 Å². The van der Waals surface area contributed by atoms with Gasteiger partial charge in [0.25, 0.3) is 0 Å². The molecule has 0 radical (unpaired) electrons. The number of carboxylic acid groups (broad SMARTS) is 1. The fourth-order valence-corrected chi connectivity index (χ4v) is 2.46. The van der Waals surface area contributed by atoms with Crippen LogP contribution in [-0.2, 0) is 0 Å². The van der Waals surface area contributed by atoms with Crippen molar-refractivity contribution in [1.29, 1.82) is 0 Å². The molecule has 1 saturated heterocycles. The van der Waals surface area contributed by atoms with Crippen LogP contribution in [0.25, 0.3) is 5.65 Å². The number of aromatic nitrogens is 2. The van der Waals surface area contributed by atoms with Crippen molar-refractivity contribution < 1.29 is 9.90 Å². The van der Waals surface area contributed by atoms with E-state index in [-0.39, 0.29) is 11.7 Å². The second-order valence-electron chi connectivity index (χ2n) is 4.71. The van der Waals surface area contributed by atoms with Crippen LogP contribution < -0.4 is 10.6 Å². The van der Waals surface area contributed by atoms with Crippen LogP contribution in [-0.4, -0.2) is 39.6 Å². The molecule has 19 heavy (non-hydrogen) atoms. The first-order valence-corrected chi connectivity index (χ1v) is 6.43. The summed E-state index contributed by atoms with van der Waals surface area (Å²) in [6.45, 7) is 1.90. The van der Waals surface area contributed by atoms with Gasteiger partial charge in [-0.25, -0.2) is 9.78 Å². The Balaban J connectivity index is 1.97. The molecule has 0 unspecified atom stereocenters. The Kier molecular flexibility index (Phi) is 3.08. The molecule has 3 N–H and O–H groups in total. The highest BCUT2D eigenvalue weighted by atomic mass is 16.4. The Morgan fingerprint density at radius 3 is 2.95 bits per heavy atom. The van der Waals surface area contributed by atoms with E-state index < -0.39 is 5.97 Å². The predicted octanol–water partition coefficient (Wildman–Crippen LogP) is 1.20. The number of fused-ring (bicyclic) bond motifs is 1. The van der Waals surface area contributed by atoms with E-state index in [0.717, 1.165) is 25.9 Å². The van der Waals surface area contributed by atoms with Crippen LogP contribution >= 0.6 is 0 Å². The molecule has 3 heterocycles. The molecule has 0 bridgehead atoms. The lowest BCUT2D eigenvalue weighted by Gasteiger charge is -2.23. The topological polar surface area (TPSA) is 78.7 Å². The molecule has 2 aromatic heterocycles. The van der Waals surface area contributed by atoms with Gasteiger partial charge in [0.05, 0.1) is 0 Å². The summed E-state index contributed by atoms with van der Waals surface area (Å²) < 4.78 is 1.60. The molecule has 1 aliphatic rings. The molecule has 0 aromatic carbocycles. The number of rotatable bonds is 3. The average molecular weight is 260 g/mol. The Hall–Kier alpha value is -2.08. The molecule has 100 valence electrons. The van der Waals surface area contributed by atoms with Gasteiger partial charge in [-0.15, -0.1) is 0 Å². The third-order valence-electron chi connectivity index (χ3n) is 3.41. The van der Waals surface area contributed by atoms with Gasteiger partial charge in [-0.1, -0.05) is 6.07 Å². The smallest absolute Gasteiger partial charge is 0.356 e. The van der Waals surface area contributed by atoms with Gasteiger partial charge >= 0.3 is 5.97 Å². The first kappa shape index (κ1) is 12.0. The highest BCUT2D eigenvalue weighted by Gasteiger charge is 2.21. The zero-order chi connectivity index (χ0) is 13.2. The summed E-state index contributed by atoms with van der Waals surface area (Å²) in [5.41, 5.74) is 0.852. The van der Waals surface area contributed by atoms with Gasteiger partial charge in [-0.3, -0.25) is 4.40 Å². The van der Waals surface area contributed by atoms with E-state index in [1.54, 1.807) is 22.7 Å². The molecule has 0 aliphatic carbocycles. The Morgan fingerprint density at radius 2 is 2.21 bits per heavy atom. The van der Waals surface area contributed by atoms with Crippen molar-refractivity contribution >= 4 is 17.4 Å². The van der Waals surface area contributed by atoms with Crippen molar-refractivity contribution in [3.05, 3.63) is 30.1 Å². The lowest BCUT2D eigenvalue weighted by atomic mass is 10.1. The minimum atomic E-state index is -0.963. The molecule has 0 amide bonds. The fourth-order valence-electron chi connectivity index (χ4n) is 2.46. The van der Waals surface area contributed by atoms with E-state index in [0.29, 0.717) is 11.5 Å². The number of carbonyl (C=O) groups is 1. The van der Waals surface area contributed by atoms with Gasteiger partial charge in [-0.05, 0) is 38.1 Å². The minimum absolute atomic E-state index is 0.203. The molecule has 6 nitrogen and oxygen atoms in total. The highest BCUT2D eigenvalue weighted by Crippen LogP contribution is 2.20. The summed E-state index contributed by atoms with van der Waals surface area (Å²) in [6, 6.07) is 5.74. The predicted molar refractivity (Wildman–Crippen MR) is 71.7 cm³/mol. The standard InChI is InChI=1S/C13H16N4O2/c18-13(19)11-12(15-9-4-6-14-7-5-9)16-10-3-1-2-8-17(10)11/h1-3,8-9,14-15H,4-7H2,(H,18,19). The highest BCUT2D eigenvalue weighted by molar-refractivity contribution is 5.93.